The molecule has 78 valence electrons. The monoisotopic (exact) mass is 207 g/mol. The molecule has 0 saturated carbocycles. The Hall–Kier alpha value is -1.27. The second-order valence-corrected chi connectivity index (χ2v) is 2.46. The van der Waals surface area contributed by atoms with Crippen molar-refractivity contribution in [3.8, 4) is 5.75 Å². The summed E-state index contributed by atoms with van der Waals surface area (Å²) >= 11 is 0. The summed E-state index contributed by atoms with van der Waals surface area (Å²) in [6.07, 6.45) is -4.80. The van der Waals surface area contributed by atoms with Crippen molar-refractivity contribution in [3.63, 3.8) is 0 Å². The minimum atomic E-state index is -4.80. The van der Waals surface area contributed by atoms with E-state index >= 15 is 0 Å². The van der Waals surface area contributed by atoms with E-state index in [1.165, 1.54) is 12.1 Å². The van der Waals surface area contributed by atoms with Gasteiger partial charge in [-0.15, -0.1) is 13.2 Å². The zero-order valence-corrected chi connectivity index (χ0v) is 7.04. The van der Waals surface area contributed by atoms with Gasteiger partial charge in [0.05, 0.1) is 0 Å². The molecule has 14 heavy (non-hydrogen) atoms. The van der Waals surface area contributed by atoms with Crippen molar-refractivity contribution in [2.45, 2.75) is 12.9 Å². The molecule has 2 N–H and O–H groups in total. The van der Waals surface area contributed by atoms with E-state index < -0.39 is 6.36 Å². The van der Waals surface area contributed by atoms with Crippen LogP contribution in [-0.2, 0) is 11.4 Å². The highest BCUT2D eigenvalue weighted by atomic mass is 19.4. The molecule has 0 aliphatic rings. The second kappa shape index (κ2) is 4.30. The lowest BCUT2D eigenvalue weighted by atomic mass is 10.2. The molecule has 0 aliphatic heterocycles. The van der Waals surface area contributed by atoms with Gasteiger partial charge in [0.1, 0.15) is 0 Å². The highest BCUT2D eigenvalue weighted by molar-refractivity contribution is 5.26. The highest BCUT2D eigenvalue weighted by Crippen LogP contribution is 2.20. The molecule has 0 bridgehead atoms. The standard InChI is InChI=1S/C8H8F3NO2/c9-8(10,11)14-13-7-3-1-6(5-12)2-4-7/h1-4H,5,12H2. The third-order valence-corrected chi connectivity index (χ3v) is 1.39. The van der Waals surface area contributed by atoms with Crippen LogP contribution in [0.5, 0.6) is 5.75 Å². The van der Waals surface area contributed by atoms with Gasteiger partial charge in [-0.2, -0.15) is 0 Å². The van der Waals surface area contributed by atoms with Gasteiger partial charge in [0.25, 0.3) is 0 Å². The molecule has 0 atom stereocenters. The van der Waals surface area contributed by atoms with Crippen molar-refractivity contribution < 1.29 is 22.9 Å². The number of hydrogen-bond acceptors (Lipinski definition) is 3. The third kappa shape index (κ3) is 3.63. The van der Waals surface area contributed by atoms with Gasteiger partial charge >= 0.3 is 6.36 Å². The van der Waals surface area contributed by atoms with E-state index in [9.17, 15) is 13.2 Å². The SMILES string of the molecule is NCc1ccc(OOC(F)(F)F)cc1. The van der Waals surface area contributed by atoms with Gasteiger partial charge in [-0.1, -0.05) is 17.0 Å². The van der Waals surface area contributed by atoms with E-state index in [-0.39, 0.29) is 5.75 Å². The second-order valence-electron chi connectivity index (χ2n) is 2.46. The Morgan fingerprint density at radius 2 is 1.71 bits per heavy atom. The molecule has 1 aromatic carbocycles. The van der Waals surface area contributed by atoms with Gasteiger partial charge in [-0.3, -0.25) is 0 Å². The lowest BCUT2D eigenvalue weighted by Crippen LogP contribution is -2.15. The van der Waals surface area contributed by atoms with E-state index in [4.69, 9.17) is 5.73 Å². The fourth-order valence-corrected chi connectivity index (χ4v) is 0.776. The molecule has 1 aromatic rings. The maximum atomic E-state index is 11.5. The summed E-state index contributed by atoms with van der Waals surface area (Å²) in [4.78, 5) is 7.16. The van der Waals surface area contributed by atoms with Crippen LogP contribution in [0.25, 0.3) is 0 Å². The average molecular weight is 207 g/mol. The number of alkyl halides is 3. The molecular formula is C8H8F3NO2. The number of rotatable bonds is 3. The molecule has 0 aromatic heterocycles. The molecule has 3 nitrogen and oxygen atoms in total. The van der Waals surface area contributed by atoms with Crippen LogP contribution >= 0.6 is 0 Å². The fourth-order valence-electron chi connectivity index (χ4n) is 0.776. The van der Waals surface area contributed by atoms with Crippen LogP contribution in [0.4, 0.5) is 13.2 Å². The summed E-state index contributed by atoms with van der Waals surface area (Å²) in [7, 11) is 0. The van der Waals surface area contributed by atoms with Crippen LogP contribution in [-0.4, -0.2) is 6.36 Å². The normalized spacial score (nSPS) is 11.4. The maximum absolute atomic E-state index is 11.5. The molecule has 6 heteroatoms. The number of hydrogen-bond donors (Lipinski definition) is 1. The van der Waals surface area contributed by atoms with Crippen LogP contribution in [0.3, 0.4) is 0 Å². The topological polar surface area (TPSA) is 44.5 Å². The van der Waals surface area contributed by atoms with E-state index in [0.717, 1.165) is 5.56 Å². The Balaban J connectivity index is 2.52. The largest absolute Gasteiger partial charge is 0.558 e. The van der Waals surface area contributed by atoms with Gasteiger partial charge < -0.3 is 10.6 Å². The van der Waals surface area contributed by atoms with Gasteiger partial charge in [-0.25, -0.2) is 0 Å². The van der Waals surface area contributed by atoms with Crippen molar-refractivity contribution in [1.82, 2.24) is 0 Å². The van der Waals surface area contributed by atoms with Crippen LogP contribution in [0.2, 0.25) is 0 Å². The van der Waals surface area contributed by atoms with Crippen LogP contribution in [0.1, 0.15) is 5.56 Å². The molecule has 0 aliphatic carbocycles. The summed E-state index contributed by atoms with van der Waals surface area (Å²) in [5.41, 5.74) is 6.09. The number of nitrogens with two attached hydrogens (primary N) is 1. The first-order valence-electron chi connectivity index (χ1n) is 3.73. The average Bonchev–Trinajstić information content (AvgIpc) is 2.14. The summed E-state index contributed by atoms with van der Waals surface area (Å²) in [5.74, 6) is -0.0282. The molecule has 0 radical (unpaired) electrons. The Bertz CT molecular complexity index is 284. The van der Waals surface area contributed by atoms with Crippen molar-refractivity contribution in [2.24, 2.45) is 5.73 Å². The predicted molar refractivity (Wildman–Crippen MR) is 42.1 cm³/mol. The molecule has 1 rings (SSSR count). The van der Waals surface area contributed by atoms with E-state index in [2.05, 4.69) is 9.78 Å². The minimum Gasteiger partial charge on any atom is -0.329 e. The number of halogens is 3. The van der Waals surface area contributed by atoms with E-state index in [0.29, 0.717) is 6.54 Å². The molecule has 0 fully saturated rings. The molecule has 0 spiro atoms. The first-order chi connectivity index (χ1) is 6.51. The van der Waals surface area contributed by atoms with Gasteiger partial charge in [-0.05, 0) is 17.7 Å². The van der Waals surface area contributed by atoms with Crippen molar-refractivity contribution in [3.05, 3.63) is 29.8 Å². The Morgan fingerprint density at radius 1 is 1.14 bits per heavy atom. The summed E-state index contributed by atoms with van der Waals surface area (Å²) in [6.45, 7) is 0.320. The molecular weight excluding hydrogens is 199 g/mol. The number of benzene rings is 1. The van der Waals surface area contributed by atoms with Gasteiger partial charge in [0.15, 0.2) is 5.75 Å². The van der Waals surface area contributed by atoms with Crippen LogP contribution in [0, 0.1) is 0 Å². The zero-order valence-electron chi connectivity index (χ0n) is 7.04. The smallest absolute Gasteiger partial charge is 0.329 e. The van der Waals surface area contributed by atoms with Crippen molar-refractivity contribution in [1.29, 1.82) is 0 Å². The van der Waals surface area contributed by atoms with E-state index in [1.54, 1.807) is 12.1 Å². The zero-order chi connectivity index (χ0) is 10.6. The molecule has 0 heterocycles. The predicted octanol–water partition coefficient (Wildman–Crippen LogP) is 1.98. The Labute approximate surface area is 78.2 Å². The summed E-state index contributed by atoms with van der Waals surface area (Å²) in [6, 6.07) is 5.78. The first kappa shape index (κ1) is 10.8. The molecule has 0 unspecified atom stereocenters. The highest BCUT2D eigenvalue weighted by Gasteiger charge is 2.32. The van der Waals surface area contributed by atoms with Gasteiger partial charge in [0.2, 0.25) is 0 Å². The Morgan fingerprint density at radius 3 is 2.14 bits per heavy atom. The van der Waals surface area contributed by atoms with Crippen molar-refractivity contribution in [2.75, 3.05) is 0 Å². The van der Waals surface area contributed by atoms with Crippen molar-refractivity contribution >= 4 is 0 Å². The summed E-state index contributed by atoms with van der Waals surface area (Å²) < 4.78 is 34.6. The molecule has 0 amide bonds. The minimum absolute atomic E-state index is 0.0282. The maximum Gasteiger partial charge on any atom is 0.558 e. The van der Waals surface area contributed by atoms with Gasteiger partial charge in [0, 0.05) is 6.54 Å². The quantitative estimate of drug-likeness (QED) is 0.608. The lowest BCUT2D eigenvalue weighted by molar-refractivity contribution is -0.444. The van der Waals surface area contributed by atoms with Crippen LogP contribution < -0.4 is 10.6 Å². The Kier molecular flexibility index (Phi) is 3.32. The third-order valence-electron chi connectivity index (χ3n) is 1.39. The van der Waals surface area contributed by atoms with E-state index in [1.807, 2.05) is 0 Å². The fraction of sp³-hybridized carbons (Fsp3) is 0.250. The van der Waals surface area contributed by atoms with Crippen LogP contribution in [0.15, 0.2) is 24.3 Å². The lowest BCUT2D eigenvalue weighted by Gasteiger charge is -2.06. The summed E-state index contributed by atoms with van der Waals surface area (Å²) in [5, 5.41) is 0. The molecule has 0 saturated heterocycles. The first-order valence-corrected chi connectivity index (χ1v) is 3.73.